The van der Waals surface area contributed by atoms with Gasteiger partial charge < -0.3 is 14.4 Å². The lowest BCUT2D eigenvalue weighted by Gasteiger charge is -2.31. The number of fused-ring (bicyclic) bond motifs is 1. The normalized spacial score (nSPS) is 15.7. The molecule has 1 aliphatic rings. The average Bonchev–Trinajstić information content (AvgIpc) is 2.58. The number of likely N-dealkylation sites (tertiary alicyclic amines) is 1. The van der Waals surface area contributed by atoms with Crippen LogP contribution in [0.5, 0.6) is 5.75 Å². The van der Waals surface area contributed by atoms with Gasteiger partial charge in [-0.2, -0.15) is 0 Å². The molecule has 1 aliphatic heterocycles. The van der Waals surface area contributed by atoms with Gasteiger partial charge in [-0.25, -0.2) is 4.79 Å². The lowest BCUT2D eigenvalue weighted by Crippen LogP contribution is -2.42. The number of piperidine rings is 1. The molecule has 2 aromatic rings. The predicted octanol–water partition coefficient (Wildman–Crippen LogP) is 4.49. The van der Waals surface area contributed by atoms with Crippen LogP contribution in [0.2, 0.25) is 5.02 Å². The van der Waals surface area contributed by atoms with Gasteiger partial charge in [0.25, 0.3) is 0 Å². The molecule has 2 aromatic carbocycles. The minimum Gasteiger partial charge on any atom is -0.490 e. The summed E-state index contributed by atoms with van der Waals surface area (Å²) in [5.74, 6) is 0.847. The molecule has 0 N–H and O–H groups in total. The maximum atomic E-state index is 11.7. The first-order chi connectivity index (χ1) is 11.2. The van der Waals surface area contributed by atoms with Gasteiger partial charge >= 0.3 is 6.09 Å². The molecule has 5 heteroatoms. The summed E-state index contributed by atoms with van der Waals surface area (Å²) in [4.78, 5) is 13.5. The highest BCUT2D eigenvalue weighted by atomic mass is 35.5. The van der Waals surface area contributed by atoms with Crippen LogP contribution >= 0.6 is 11.6 Å². The minimum atomic E-state index is -0.233. The van der Waals surface area contributed by atoms with Crippen LogP contribution in [0.4, 0.5) is 4.79 Å². The van der Waals surface area contributed by atoms with Gasteiger partial charge in [0, 0.05) is 41.7 Å². The van der Waals surface area contributed by atoms with Crippen molar-refractivity contribution < 1.29 is 14.3 Å². The van der Waals surface area contributed by atoms with E-state index in [0.717, 1.165) is 34.4 Å². The van der Waals surface area contributed by atoms with Crippen molar-refractivity contribution in [3.8, 4) is 5.75 Å². The Bertz CT molecular complexity index is 696. The summed E-state index contributed by atoms with van der Waals surface area (Å²) in [6, 6.07) is 11.7. The van der Waals surface area contributed by atoms with Gasteiger partial charge in [-0.15, -0.1) is 0 Å². The van der Waals surface area contributed by atoms with E-state index in [1.54, 1.807) is 4.90 Å². The van der Waals surface area contributed by atoms with E-state index < -0.39 is 0 Å². The third kappa shape index (κ3) is 3.53. The lowest BCUT2D eigenvalue weighted by atomic mass is 10.1. The Morgan fingerprint density at radius 2 is 1.87 bits per heavy atom. The van der Waals surface area contributed by atoms with Gasteiger partial charge in [-0.3, -0.25) is 0 Å². The number of carbonyl (C=O) groups excluding carboxylic acids is 1. The van der Waals surface area contributed by atoms with Crippen LogP contribution in [0.25, 0.3) is 10.8 Å². The van der Waals surface area contributed by atoms with E-state index in [0.29, 0.717) is 19.7 Å². The van der Waals surface area contributed by atoms with Crippen LogP contribution in [0.1, 0.15) is 19.8 Å². The van der Waals surface area contributed by atoms with Crippen molar-refractivity contribution >= 4 is 28.5 Å². The van der Waals surface area contributed by atoms with Crippen molar-refractivity contribution in [1.29, 1.82) is 0 Å². The summed E-state index contributed by atoms with van der Waals surface area (Å²) in [5.41, 5.74) is 0. The molecule has 3 rings (SSSR count). The fourth-order valence-electron chi connectivity index (χ4n) is 2.89. The largest absolute Gasteiger partial charge is 0.490 e. The molecule has 0 unspecified atom stereocenters. The SMILES string of the molecule is CCOC(=O)N1CCC(Oc2ccc(Cl)c3ccccc23)CC1. The molecule has 1 heterocycles. The van der Waals surface area contributed by atoms with Crippen LogP contribution in [0, 0.1) is 0 Å². The molecule has 4 nitrogen and oxygen atoms in total. The Morgan fingerprint density at radius 1 is 1.17 bits per heavy atom. The Balaban J connectivity index is 1.68. The molecule has 122 valence electrons. The van der Waals surface area contributed by atoms with Crippen molar-refractivity contribution in [2.45, 2.75) is 25.9 Å². The summed E-state index contributed by atoms with van der Waals surface area (Å²) in [7, 11) is 0. The zero-order valence-electron chi connectivity index (χ0n) is 13.1. The van der Waals surface area contributed by atoms with E-state index in [4.69, 9.17) is 21.1 Å². The smallest absolute Gasteiger partial charge is 0.409 e. The number of nitrogens with zero attached hydrogens (tertiary/aromatic N) is 1. The molecule has 0 aliphatic carbocycles. The Kier molecular flexibility index (Phi) is 4.91. The van der Waals surface area contributed by atoms with Gasteiger partial charge in [0.15, 0.2) is 0 Å². The zero-order valence-corrected chi connectivity index (χ0v) is 13.9. The monoisotopic (exact) mass is 333 g/mol. The Morgan fingerprint density at radius 3 is 2.57 bits per heavy atom. The second-order valence-corrected chi connectivity index (χ2v) is 6.00. The van der Waals surface area contributed by atoms with Crippen LogP contribution in [0.15, 0.2) is 36.4 Å². The third-order valence-electron chi connectivity index (χ3n) is 4.09. The maximum Gasteiger partial charge on any atom is 0.409 e. The molecule has 0 radical (unpaired) electrons. The van der Waals surface area contributed by atoms with Gasteiger partial charge in [-0.1, -0.05) is 35.9 Å². The molecular weight excluding hydrogens is 314 g/mol. The van der Waals surface area contributed by atoms with Crippen molar-refractivity contribution in [2.75, 3.05) is 19.7 Å². The van der Waals surface area contributed by atoms with Gasteiger partial charge in [0.1, 0.15) is 11.9 Å². The fraction of sp³-hybridized carbons (Fsp3) is 0.389. The van der Waals surface area contributed by atoms with E-state index in [2.05, 4.69) is 0 Å². The van der Waals surface area contributed by atoms with E-state index in [1.807, 2.05) is 43.3 Å². The van der Waals surface area contributed by atoms with E-state index in [9.17, 15) is 4.79 Å². The second kappa shape index (κ2) is 7.09. The van der Waals surface area contributed by atoms with Crippen molar-refractivity contribution in [1.82, 2.24) is 4.90 Å². The summed E-state index contributed by atoms with van der Waals surface area (Å²) >= 11 is 6.24. The van der Waals surface area contributed by atoms with Crippen LogP contribution in [-0.2, 0) is 4.74 Å². The molecule has 1 saturated heterocycles. The summed E-state index contributed by atoms with van der Waals surface area (Å²) in [6.45, 7) is 3.55. The topological polar surface area (TPSA) is 38.8 Å². The van der Waals surface area contributed by atoms with E-state index in [1.165, 1.54) is 0 Å². The van der Waals surface area contributed by atoms with Crippen molar-refractivity contribution in [3.63, 3.8) is 0 Å². The zero-order chi connectivity index (χ0) is 16.2. The maximum absolute atomic E-state index is 11.7. The Hall–Kier alpha value is -1.94. The van der Waals surface area contributed by atoms with Gasteiger partial charge in [0.05, 0.1) is 6.61 Å². The first-order valence-electron chi connectivity index (χ1n) is 7.94. The summed E-state index contributed by atoms with van der Waals surface area (Å²) in [5, 5.41) is 2.74. The summed E-state index contributed by atoms with van der Waals surface area (Å²) < 4.78 is 11.2. The number of amides is 1. The minimum absolute atomic E-state index is 0.102. The highest BCUT2D eigenvalue weighted by Gasteiger charge is 2.25. The Labute approximate surface area is 140 Å². The summed E-state index contributed by atoms with van der Waals surface area (Å²) in [6.07, 6.45) is 1.47. The number of hydrogen-bond acceptors (Lipinski definition) is 3. The highest BCUT2D eigenvalue weighted by molar-refractivity contribution is 6.35. The van der Waals surface area contributed by atoms with Crippen molar-refractivity contribution in [2.24, 2.45) is 0 Å². The fourth-order valence-corrected chi connectivity index (χ4v) is 3.12. The molecule has 0 aromatic heterocycles. The molecule has 1 amide bonds. The predicted molar refractivity (Wildman–Crippen MR) is 91.2 cm³/mol. The number of benzene rings is 2. The molecule has 0 bridgehead atoms. The number of carbonyl (C=O) groups is 1. The van der Waals surface area contributed by atoms with Crippen LogP contribution in [0.3, 0.4) is 0 Å². The van der Waals surface area contributed by atoms with Gasteiger partial charge in [-0.05, 0) is 19.1 Å². The number of hydrogen-bond donors (Lipinski definition) is 0. The van der Waals surface area contributed by atoms with Crippen LogP contribution in [-0.4, -0.2) is 36.8 Å². The first-order valence-corrected chi connectivity index (χ1v) is 8.32. The molecule has 0 spiro atoms. The standard InChI is InChI=1S/C18H20ClNO3/c1-2-22-18(21)20-11-9-13(10-12-20)23-17-8-7-16(19)14-5-3-4-6-15(14)17/h3-8,13H,2,9-12H2,1H3. The molecule has 1 fully saturated rings. The first kappa shape index (κ1) is 15.9. The quantitative estimate of drug-likeness (QED) is 0.830. The molecule has 0 atom stereocenters. The van der Waals surface area contributed by atoms with E-state index >= 15 is 0 Å². The van der Waals surface area contributed by atoms with Crippen LogP contribution < -0.4 is 4.74 Å². The highest BCUT2D eigenvalue weighted by Crippen LogP contribution is 2.32. The van der Waals surface area contributed by atoms with E-state index in [-0.39, 0.29) is 12.2 Å². The average molecular weight is 334 g/mol. The molecule has 23 heavy (non-hydrogen) atoms. The molecular formula is C18H20ClNO3. The van der Waals surface area contributed by atoms with Gasteiger partial charge in [0.2, 0.25) is 0 Å². The third-order valence-corrected chi connectivity index (χ3v) is 4.42. The lowest BCUT2D eigenvalue weighted by molar-refractivity contribution is 0.0708. The molecule has 0 saturated carbocycles. The number of halogens is 1. The number of ether oxygens (including phenoxy) is 2. The number of rotatable bonds is 3. The van der Waals surface area contributed by atoms with Crippen molar-refractivity contribution in [3.05, 3.63) is 41.4 Å². The second-order valence-electron chi connectivity index (χ2n) is 5.59.